The van der Waals surface area contributed by atoms with E-state index in [1.54, 1.807) is 24.4 Å². The zero-order chi connectivity index (χ0) is 20.2. The van der Waals surface area contributed by atoms with Crippen LogP contribution in [0.4, 0.5) is 4.39 Å². The number of nitrogens with zero attached hydrogens (tertiary/aromatic N) is 2. The molecule has 0 atom stereocenters. The van der Waals surface area contributed by atoms with Gasteiger partial charge in [0.1, 0.15) is 30.3 Å². The number of aromatic nitrogens is 2. The van der Waals surface area contributed by atoms with Crippen LogP contribution in [0.2, 0.25) is 5.02 Å². The van der Waals surface area contributed by atoms with Crippen LogP contribution in [0.25, 0.3) is 22.4 Å². The van der Waals surface area contributed by atoms with Crippen molar-refractivity contribution in [1.82, 2.24) is 9.97 Å². The molecule has 0 aliphatic rings. The highest BCUT2D eigenvalue weighted by Crippen LogP contribution is 2.36. The summed E-state index contributed by atoms with van der Waals surface area (Å²) in [5, 5.41) is 10.9. The van der Waals surface area contributed by atoms with Gasteiger partial charge in [0, 0.05) is 29.0 Å². The van der Waals surface area contributed by atoms with Gasteiger partial charge in [-0.3, -0.25) is 0 Å². The predicted octanol–water partition coefficient (Wildman–Crippen LogP) is 5.89. The van der Waals surface area contributed by atoms with E-state index in [1.807, 2.05) is 30.3 Å². The molecule has 1 N–H and O–H groups in total. The Labute approximate surface area is 172 Å². The minimum atomic E-state index is -0.403. The Bertz CT molecular complexity index is 1150. The van der Waals surface area contributed by atoms with Gasteiger partial charge in [-0.15, -0.1) is 0 Å². The van der Waals surface area contributed by atoms with Gasteiger partial charge in [0.05, 0.1) is 10.7 Å². The number of hydrogen-bond acceptors (Lipinski definition) is 4. The number of halogens is 2. The van der Waals surface area contributed by atoms with E-state index in [0.29, 0.717) is 27.6 Å². The maximum Gasteiger partial charge on any atom is 0.128 e. The van der Waals surface area contributed by atoms with Crippen molar-refractivity contribution in [3.05, 3.63) is 95.7 Å². The average molecular weight is 407 g/mol. The Balaban J connectivity index is 1.60. The Kier molecular flexibility index (Phi) is 5.40. The molecule has 4 aromatic rings. The van der Waals surface area contributed by atoms with Crippen LogP contribution < -0.4 is 4.74 Å². The molecule has 0 amide bonds. The number of ether oxygens (including phenoxy) is 1. The van der Waals surface area contributed by atoms with Crippen molar-refractivity contribution < 1.29 is 14.2 Å². The number of rotatable bonds is 5. The summed E-state index contributed by atoms with van der Waals surface area (Å²) in [5.74, 6) is 0.0883. The molecule has 6 heteroatoms. The predicted molar refractivity (Wildman–Crippen MR) is 110 cm³/mol. The summed E-state index contributed by atoms with van der Waals surface area (Å²) in [6.45, 7) is 0.153. The van der Waals surface area contributed by atoms with Crippen molar-refractivity contribution in [1.29, 1.82) is 0 Å². The quantitative estimate of drug-likeness (QED) is 0.449. The molecular formula is C23H16ClFN2O2. The van der Waals surface area contributed by atoms with Gasteiger partial charge >= 0.3 is 0 Å². The highest BCUT2D eigenvalue weighted by molar-refractivity contribution is 6.31. The maximum atomic E-state index is 13.2. The molecule has 0 unspecified atom stereocenters. The third-order valence-electron chi connectivity index (χ3n) is 4.43. The molecule has 0 bridgehead atoms. The molecule has 1 heterocycles. The molecule has 0 radical (unpaired) electrons. The lowest BCUT2D eigenvalue weighted by Gasteiger charge is -2.12. The van der Waals surface area contributed by atoms with E-state index in [2.05, 4.69) is 9.97 Å². The van der Waals surface area contributed by atoms with Crippen LogP contribution in [0.1, 0.15) is 5.56 Å². The monoisotopic (exact) mass is 406 g/mol. The van der Waals surface area contributed by atoms with Crippen molar-refractivity contribution in [2.75, 3.05) is 0 Å². The van der Waals surface area contributed by atoms with E-state index in [4.69, 9.17) is 16.3 Å². The molecule has 0 aliphatic heterocycles. The third kappa shape index (κ3) is 4.20. The smallest absolute Gasteiger partial charge is 0.128 e. The Morgan fingerprint density at radius 1 is 0.966 bits per heavy atom. The van der Waals surface area contributed by atoms with Gasteiger partial charge < -0.3 is 9.84 Å². The summed E-state index contributed by atoms with van der Waals surface area (Å²) in [5.41, 5.74) is 3.61. The van der Waals surface area contributed by atoms with Crippen molar-refractivity contribution in [2.24, 2.45) is 0 Å². The van der Waals surface area contributed by atoms with E-state index in [9.17, 15) is 9.50 Å². The first-order chi connectivity index (χ1) is 14.1. The molecule has 4 nitrogen and oxygen atoms in total. The SMILES string of the molecule is Oc1cc(OCc2ccc(F)cc2Cl)ccc1-c1ncncc1-c1ccccc1. The third-order valence-corrected chi connectivity index (χ3v) is 4.78. The second-order valence-electron chi connectivity index (χ2n) is 6.35. The van der Waals surface area contributed by atoms with Crippen LogP contribution >= 0.6 is 11.6 Å². The first-order valence-corrected chi connectivity index (χ1v) is 9.25. The van der Waals surface area contributed by atoms with E-state index in [0.717, 1.165) is 11.1 Å². The second-order valence-corrected chi connectivity index (χ2v) is 6.76. The van der Waals surface area contributed by atoms with Gasteiger partial charge in [-0.25, -0.2) is 14.4 Å². The normalized spacial score (nSPS) is 10.7. The van der Waals surface area contributed by atoms with Crippen molar-refractivity contribution >= 4 is 11.6 Å². The van der Waals surface area contributed by atoms with Gasteiger partial charge in [0.2, 0.25) is 0 Å². The van der Waals surface area contributed by atoms with Gasteiger partial charge in [-0.2, -0.15) is 0 Å². The summed E-state index contributed by atoms with van der Waals surface area (Å²) in [4.78, 5) is 8.48. The Morgan fingerprint density at radius 2 is 1.79 bits per heavy atom. The zero-order valence-electron chi connectivity index (χ0n) is 15.2. The van der Waals surface area contributed by atoms with Crippen LogP contribution in [-0.4, -0.2) is 15.1 Å². The summed E-state index contributed by atoms with van der Waals surface area (Å²) in [6.07, 6.45) is 3.17. The van der Waals surface area contributed by atoms with Gasteiger partial charge in [-0.1, -0.05) is 48.0 Å². The fourth-order valence-corrected chi connectivity index (χ4v) is 3.20. The molecule has 29 heavy (non-hydrogen) atoms. The van der Waals surface area contributed by atoms with Gasteiger partial charge in [0.25, 0.3) is 0 Å². The van der Waals surface area contributed by atoms with Crippen LogP contribution in [0.3, 0.4) is 0 Å². The first-order valence-electron chi connectivity index (χ1n) is 8.87. The summed E-state index contributed by atoms with van der Waals surface area (Å²) >= 11 is 6.02. The summed E-state index contributed by atoms with van der Waals surface area (Å²) in [6, 6.07) is 18.9. The van der Waals surface area contributed by atoms with E-state index in [1.165, 1.54) is 24.5 Å². The number of phenols is 1. The first kappa shape index (κ1) is 18.9. The number of aromatic hydroxyl groups is 1. The summed E-state index contributed by atoms with van der Waals surface area (Å²) in [7, 11) is 0. The Morgan fingerprint density at radius 3 is 2.55 bits per heavy atom. The molecule has 4 rings (SSSR count). The average Bonchev–Trinajstić information content (AvgIpc) is 2.74. The fourth-order valence-electron chi connectivity index (χ4n) is 2.97. The lowest BCUT2D eigenvalue weighted by molar-refractivity contribution is 0.304. The van der Waals surface area contributed by atoms with Gasteiger partial charge in [-0.05, 0) is 29.8 Å². The van der Waals surface area contributed by atoms with Crippen LogP contribution in [0, 0.1) is 5.82 Å². The molecular weight excluding hydrogens is 391 g/mol. The van der Waals surface area contributed by atoms with Crippen LogP contribution in [-0.2, 0) is 6.61 Å². The number of phenolic OH excluding ortho intramolecular Hbond substituents is 1. The lowest BCUT2D eigenvalue weighted by Crippen LogP contribution is -1.97. The maximum absolute atomic E-state index is 13.2. The van der Waals surface area contributed by atoms with Crippen molar-refractivity contribution in [2.45, 2.75) is 6.61 Å². The molecule has 3 aromatic carbocycles. The van der Waals surface area contributed by atoms with E-state index >= 15 is 0 Å². The highest BCUT2D eigenvalue weighted by atomic mass is 35.5. The number of benzene rings is 3. The van der Waals surface area contributed by atoms with E-state index < -0.39 is 5.82 Å². The standard InChI is InChI=1S/C23H16ClFN2O2/c24-21-10-17(25)7-6-16(21)13-29-18-8-9-19(22(28)11-18)23-20(12-26-14-27-23)15-4-2-1-3-5-15/h1-12,14,28H,13H2. The molecule has 0 fully saturated rings. The fraction of sp³-hybridized carbons (Fsp3) is 0.0435. The van der Waals surface area contributed by atoms with E-state index in [-0.39, 0.29) is 12.4 Å². The van der Waals surface area contributed by atoms with Gasteiger partial charge in [0.15, 0.2) is 0 Å². The Hall–Kier alpha value is -3.44. The van der Waals surface area contributed by atoms with Crippen molar-refractivity contribution in [3.63, 3.8) is 0 Å². The largest absolute Gasteiger partial charge is 0.507 e. The van der Waals surface area contributed by atoms with Crippen LogP contribution in [0.5, 0.6) is 11.5 Å². The molecule has 0 saturated carbocycles. The van der Waals surface area contributed by atoms with Crippen molar-refractivity contribution in [3.8, 4) is 33.9 Å². The number of hydrogen-bond donors (Lipinski definition) is 1. The molecule has 144 valence electrons. The zero-order valence-corrected chi connectivity index (χ0v) is 16.0. The summed E-state index contributed by atoms with van der Waals surface area (Å²) < 4.78 is 18.9. The molecule has 0 spiro atoms. The lowest BCUT2D eigenvalue weighted by atomic mass is 10.0. The molecule has 0 aliphatic carbocycles. The van der Waals surface area contributed by atoms with Crippen LogP contribution in [0.15, 0.2) is 79.3 Å². The minimum absolute atomic E-state index is 0.0311. The minimum Gasteiger partial charge on any atom is -0.507 e. The second kappa shape index (κ2) is 8.29. The molecule has 0 saturated heterocycles. The highest BCUT2D eigenvalue weighted by Gasteiger charge is 2.14. The topological polar surface area (TPSA) is 55.2 Å². The molecule has 1 aromatic heterocycles.